The second kappa shape index (κ2) is 10.7. The lowest BCUT2D eigenvalue weighted by molar-refractivity contribution is -0.106. The van der Waals surface area contributed by atoms with Crippen molar-refractivity contribution < 1.29 is 49.7 Å². The average Bonchev–Trinajstić information content (AvgIpc) is 2.58. The standard InChI is InChI=1S/C15H24NO10P/c17-10-2-1-9(5-11(10)18)3-4-16-6-12(19)14(21)15(22)13(20)7-26-8-27(23,24)25/h1-2,5-6,12-15,17-22H,3-4,7-8H2,(H2,23,24,25)/b16-6+. The molecule has 0 spiro atoms. The molecular weight excluding hydrogens is 385 g/mol. The molecule has 0 aliphatic carbocycles. The number of rotatable bonds is 11. The van der Waals surface area contributed by atoms with Crippen LogP contribution >= 0.6 is 7.60 Å². The van der Waals surface area contributed by atoms with Crippen molar-refractivity contribution in [2.24, 2.45) is 4.99 Å². The highest BCUT2D eigenvalue weighted by Gasteiger charge is 2.30. The molecule has 0 saturated heterocycles. The van der Waals surface area contributed by atoms with E-state index in [1.54, 1.807) is 6.07 Å². The second-order valence-corrected chi connectivity index (χ2v) is 7.42. The van der Waals surface area contributed by atoms with E-state index in [1.165, 1.54) is 12.1 Å². The summed E-state index contributed by atoms with van der Waals surface area (Å²) in [5.41, 5.74) is 0.676. The van der Waals surface area contributed by atoms with Gasteiger partial charge in [-0.05, 0) is 24.1 Å². The highest BCUT2D eigenvalue weighted by Crippen LogP contribution is 2.33. The molecule has 0 amide bonds. The van der Waals surface area contributed by atoms with Gasteiger partial charge in [0, 0.05) is 12.8 Å². The van der Waals surface area contributed by atoms with E-state index >= 15 is 0 Å². The van der Waals surface area contributed by atoms with Gasteiger partial charge in [-0.15, -0.1) is 0 Å². The van der Waals surface area contributed by atoms with Crippen LogP contribution in [0.1, 0.15) is 5.56 Å². The number of nitrogens with zero attached hydrogens (tertiary/aromatic N) is 1. The second-order valence-electron chi connectivity index (χ2n) is 5.83. The normalized spacial score (nSPS) is 17.0. The van der Waals surface area contributed by atoms with E-state index in [1.807, 2.05) is 0 Å². The van der Waals surface area contributed by atoms with Gasteiger partial charge in [-0.2, -0.15) is 0 Å². The Morgan fingerprint density at radius 1 is 1.07 bits per heavy atom. The molecule has 154 valence electrons. The maximum Gasteiger partial charge on any atom is 0.350 e. The molecule has 0 radical (unpaired) electrons. The Hall–Kier alpha value is -1.56. The number of phenolic OH excluding ortho intramolecular Hbond substituents is 2. The van der Waals surface area contributed by atoms with Crippen LogP contribution in [0.25, 0.3) is 0 Å². The number of aromatic hydroxyl groups is 2. The zero-order chi connectivity index (χ0) is 20.6. The van der Waals surface area contributed by atoms with Crippen molar-refractivity contribution in [3.05, 3.63) is 23.8 Å². The van der Waals surface area contributed by atoms with E-state index in [9.17, 15) is 35.2 Å². The fourth-order valence-corrected chi connectivity index (χ4v) is 2.35. The number of benzene rings is 1. The number of hydrogen-bond acceptors (Lipinski definition) is 9. The van der Waals surface area contributed by atoms with Crippen molar-refractivity contribution >= 4 is 13.8 Å². The van der Waals surface area contributed by atoms with Crippen LogP contribution in [0.15, 0.2) is 23.2 Å². The van der Waals surface area contributed by atoms with Crippen LogP contribution in [0.2, 0.25) is 0 Å². The van der Waals surface area contributed by atoms with Gasteiger partial charge in [0.25, 0.3) is 0 Å². The molecule has 1 rings (SSSR count). The molecule has 0 saturated carbocycles. The van der Waals surface area contributed by atoms with Crippen molar-refractivity contribution in [2.45, 2.75) is 30.8 Å². The van der Waals surface area contributed by atoms with Crippen molar-refractivity contribution in [1.29, 1.82) is 0 Å². The SMILES string of the molecule is O=P(O)(O)COCC(O)C(O)C(O)C(O)/C=N/CCc1ccc(O)c(O)c1. The third-order valence-corrected chi connectivity index (χ3v) is 3.99. The van der Waals surface area contributed by atoms with Crippen LogP contribution in [0.3, 0.4) is 0 Å². The Kier molecular flexibility index (Phi) is 9.30. The molecule has 8 N–H and O–H groups in total. The zero-order valence-electron chi connectivity index (χ0n) is 14.2. The predicted molar refractivity (Wildman–Crippen MR) is 93.7 cm³/mol. The summed E-state index contributed by atoms with van der Waals surface area (Å²) in [5, 5.41) is 57.5. The Labute approximate surface area is 155 Å². The first-order valence-corrected chi connectivity index (χ1v) is 9.66. The monoisotopic (exact) mass is 409 g/mol. The lowest BCUT2D eigenvalue weighted by Gasteiger charge is -2.24. The highest BCUT2D eigenvalue weighted by atomic mass is 31.2. The molecule has 11 nitrogen and oxygen atoms in total. The minimum atomic E-state index is -4.42. The zero-order valence-corrected chi connectivity index (χ0v) is 15.1. The van der Waals surface area contributed by atoms with Crippen LogP contribution in [-0.4, -0.2) is 90.6 Å². The third kappa shape index (κ3) is 8.78. The summed E-state index contributed by atoms with van der Waals surface area (Å²) < 4.78 is 15.1. The summed E-state index contributed by atoms with van der Waals surface area (Å²) in [6, 6.07) is 4.25. The van der Waals surface area contributed by atoms with Gasteiger partial charge in [0.05, 0.1) is 6.61 Å². The van der Waals surface area contributed by atoms with Crippen molar-refractivity contribution in [3.63, 3.8) is 0 Å². The fraction of sp³-hybridized carbons (Fsp3) is 0.533. The Bertz CT molecular complexity index is 664. The van der Waals surface area contributed by atoms with Gasteiger partial charge < -0.3 is 45.2 Å². The Morgan fingerprint density at radius 3 is 2.33 bits per heavy atom. The Morgan fingerprint density at radius 2 is 1.74 bits per heavy atom. The number of ether oxygens (including phenoxy) is 1. The van der Waals surface area contributed by atoms with Crippen LogP contribution in [0, 0.1) is 0 Å². The van der Waals surface area contributed by atoms with Crippen LogP contribution in [0.5, 0.6) is 11.5 Å². The first kappa shape index (κ1) is 23.5. The fourth-order valence-electron chi connectivity index (χ4n) is 2.01. The summed E-state index contributed by atoms with van der Waals surface area (Å²) in [5.74, 6) is -0.525. The molecule has 4 unspecified atom stereocenters. The largest absolute Gasteiger partial charge is 0.504 e. The Balaban J connectivity index is 2.42. The van der Waals surface area contributed by atoms with E-state index in [2.05, 4.69) is 9.73 Å². The van der Waals surface area contributed by atoms with E-state index in [0.717, 1.165) is 6.21 Å². The number of aliphatic hydroxyl groups excluding tert-OH is 4. The summed E-state index contributed by atoms with van der Waals surface area (Å²) in [7, 11) is -4.42. The van der Waals surface area contributed by atoms with E-state index < -0.39 is 45.0 Å². The lowest BCUT2D eigenvalue weighted by atomic mass is 10.0. The van der Waals surface area contributed by atoms with E-state index in [4.69, 9.17) is 9.79 Å². The molecule has 1 aromatic carbocycles. The van der Waals surface area contributed by atoms with Gasteiger partial charge >= 0.3 is 7.60 Å². The summed E-state index contributed by atoms with van der Waals surface area (Å²) >= 11 is 0. The van der Waals surface area contributed by atoms with E-state index in [-0.39, 0.29) is 18.0 Å². The molecule has 0 aromatic heterocycles. The molecule has 0 bridgehead atoms. The van der Waals surface area contributed by atoms with Crippen molar-refractivity contribution in [3.8, 4) is 11.5 Å². The summed E-state index contributed by atoms with van der Waals surface area (Å²) in [6.07, 6.45) is -6.55. The number of aliphatic imine (C=N–C) groups is 1. The minimum absolute atomic E-state index is 0.179. The third-order valence-electron chi connectivity index (χ3n) is 3.47. The molecule has 12 heteroatoms. The quantitative estimate of drug-likeness (QED) is 0.118. The molecule has 0 aliphatic heterocycles. The van der Waals surface area contributed by atoms with Crippen molar-refractivity contribution in [1.82, 2.24) is 0 Å². The van der Waals surface area contributed by atoms with Crippen LogP contribution in [-0.2, 0) is 15.7 Å². The maximum atomic E-state index is 10.6. The topological polar surface area (TPSA) is 200 Å². The number of aliphatic hydroxyl groups is 4. The molecular formula is C15H24NO10P. The minimum Gasteiger partial charge on any atom is -0.504 e. The lowest BCUT2D eigenvalue weighted by Crippen LogP contribution is -2.46. The van der Waals surface area contributed by atoms with Gasteiger partial charge in [0.1, 0.15) is 30.8 Å². The smallest absolute Gasteiger partial charge is 0.350 e. The first-order valence-electron chi connectivity index (χ1n) is 7.86. The highest BCUT2D eigenvalue weighted by molar-refractivity contribution is 7.51. The van der Waals surface area contributed by atoms with Gasteiger partial charge in [-0.3, -0.25) is 9.56 Å². The molecule has 0 aliphatic rings. The first-order chi connectivity index (χ1) is 12.5. The van der Waals surface area contributed by atoms with Gasteiger partial charge in [0.15, 0.2) is 11.5 Å². The number of phenols is 2. The summed E-state index contributed by atoms with van der Waals surface area (Å²) in [6.45, 7) is -0.477. The molecule has 0 fully saturated rings. The molecule has 0 heterocycles. The predicted octanol–water partition coefficient (Wildman–Crippen LogP) is -1.69. The molecule has 1 aromatic rings. The van der Waals surface area contributed by atoms with Crippen LogP contribution < -0.4 is 0 Å². The molecule has 27 heavy (non-hydrogen) atoms. The van der Waals surface area contributed by atoms with Gasteiger partial charge in [-0.1, -0.05) is 6.07 Å². The van der Waals surface area contributed by atoms with E-state index in [0.29, 0.717) is 12.0 Å². The van der Waals surface area contributed by atoms with Crippen LogP contribution in [0.4, 0.5) is 0 Å². The average molecular weight is 409 g/mol. The van der Waals surface area contributed by atoms with Gasteiger partial charge in [-0.25, -0.2) is 0 Å². The maximum absolute atomic E-state index is 10.6. The van der Waals surface area contributed by atoms with Gasteiger partial charge in [0.2, 0.25) is 0 Å². The number of hydrogen-bond donors (Lipinski definition) is 8. The molecule has 4 atom stereocenters. The van der Waals surface area contributed by atoms with Crippen molar-refractivity contribution in [2.75, 3.05) is 19.5 Å². The summed E-state index contributed by atoms with van der Waals surface area (Å²) in [4.78, 5) is 21.1.